The second-order valence-corrected chi connectivity index (χ2v) is 7.36. The first kappa shape index (κ1) is 19.8. The van der Waals surface area contributed by atoms with E-state index >= 15 is 0 Å². The van der Waals surface area contributed by atoms with Crippen LogP contribution in [0.4, 0.5) is 11.6 Å². The van der Waals surface area contributed by atoms with E-state index < -0.39 is 0 Å². The number of nitrogens with zero attached hydrogens (tertiary/aromatic N) is 6. The average Bonchev–Trinajstić information content (AvgIpc) is 3.33. The summed E-state index contributed by atoms with van der Waals surface area (Å²) in [4.78, 5) is 28.2. The first-order valence-electron chi connectivity index (χ1n) is 10.0. The largest absolute Gasteiger partial charge is 0.330 e. The molecular formula is C22H25N7O. The van der Waals surface area contributed by atoms with E-state index in [4.69, 9.17) is 0 Å². The van der Waals surface area contributed by atoms with Crippen molar-refractivity contribution in [2.75, 3.05) is 11.9 Å². The standard InChI is InChI=1S/C22H25N7O/c1-15-17(16(2)28(3)27-15)9-10-20(30)29-14-6-7-18(29)21-22(25-13-12-24-21)26-19-8-4-5-11-23-19/h4-5,8-13,18H,6-7,14H2,1-3H3,(H,23,25,26)/b10-9+/t18-/m1/s1. The van der Waals surface area contributed by atoms with Crippen LogP contribution >= 0.6 is 0 Å². The van der Waals surface area contributed by atoms with Gasteiger partial charge in [-0.05, 0) is 44.9 Å². The maximum Gasteiger partial charge on any atom is 0.247 e. The van der Waals surface area contributed by atoms with Gasteiger partial charge in [-0.25, -0.2) is 9.97 Å². The van der Waals surface area contributed by atoms with E-state index in [0.29, 0.717) is 18.2 Å². The SMILES string of the molecule is Cc1nn(C)c(C)c1/C=C/C(=O)N1CCC[C@@H]1c1nccnc1Nc1ccccn1. The van der Waals surface area contributed by atoms with E-state index in [-0.39, 0.29) is 11.9 Å². The number of amides is 1. The quantitative estimate of drug-likeness (QED) is 0.657. The molecule has 154 valence electrons. The highest BCUT2D eigenvalue weighted by atomic mass is 16.2. The Morgan fingerprint density at radius 1 is 1.17 bits per heavy atom. The fourth-order valence-corrected chi connectivity index (χ4v) is 3.84. The predicted molar refractivity (Wildman–Crippen MR) is 115 cm³/mol. The van der Waals surface area contributed by atoms with E-state index in [1.807, 2.05) is 54.8 Å². The lowest BCUT2D eigenvalue weighted by Crippen LogP contribution is -2.30. The van der Waals surface area contributed by atoms with Gasteiger partial charge in [-0.15, -0.1) is 0 Å². The van der Waals surface area contributed by atoms with Gasteiger partial charge in [0.05, 0.1) is 11.7 Å². The fourth-order valence-electron chi connectivity index (χ4n) is 3.84. The van der Waals surface area contributed by atoms with Gasteiger partial charge >= 0.3 is 0 Å². The van der Waals surface area contributed by atoms with Crippen molar-refractivity contribution in [1.82, 2.24) is 29.6 Å². The molecule has 30 heavy (non-hydrogen) atoms. The van der Waals surface area contributed by atoms with Crippen LogP contribution in [0.15, 0.2) is 42.9 Å². The smallest absolute Gasteiger partial charge is 0.247 e. The Bertz CT molecular complexity index is 1070. The van der Waals surface area contributed by atoms with Crippen LogP contribution in [0.2, 0.25) is 0 Å². The molecule has 0 aromatic carbocycles. The number of anilines is 2. The predicted octanol–water partition coefficient (Wildman–Crippen LogP) is 3.34. The summed E-state index contributed by atoms with van der Waals surface area (Å²) in [7, 11) is 1.90. The topological polar surface area (TPSA) is 88.8 Å². The minimum absolute atomic E-state index is 0.0328. The number of carbonyl (C=O) groups excluding carboxylic acids is 1. The Hall–Kier alpha value is -3.55. The third-order valence-electron chi connectivity index (χ3n) is 5.45. The second-order valence-electron chi connectivity index (χ2n) is 7.36. The lowest BCUT2D eigenvalue weighted by atomic mass is 10.1. The molecule has 0 aliphatic carbocycles. The molecule has 1 amide bonds. The van der Waals surface area contributed by atoms with E-state index in [1.165, 1.54) is 0 Å². The molecule has 0 saturated carbocycles. The number of likely N-dealkylation sites (tertiary alicyclic amines) is 1. The minimum atomic E-state index is -0.127. The van der Waals surface area contributed by atoms with Crippen LogP contribution in [0.3, 0.4) is 0 Å². The Balaban J connectivity index is 1.57. The zero-order valence-electron chi connectivity index (χ0n) is 17.4. The van der Waals surface area contributed by atoms with Gasteiger partial charge in [0, 0.05) is 49.5 Å². The van der Waals surface area contributed by atoms with Gasteiger partial charge in [-0.2, -0.15) is 5.10 Å². The Labute approximate surface area is 175 Å². The van der Waals surface area contributed by atoms with Crippen molar-refractivity contribution in [3.63, 3.8) is 0 Å². The maximum atomic E-state index is 13.0. The van der Waals surface area contributed by atoms with Crippen LogP contribution in [-0.2, 0) is 11.8 Å². The molecule has 0 radical (unpaired) electrons. The van der Waals surface area contributed by atoms with Gasteiger partial charge in [-0.3, -0.25) is 14.5 Å². The number of aromatic nitrogens is 5. The van der Waals surface area contributed by atoms with E-state index in [9.17, 15) is 4.79 Å². The lowest BCUT2D eigenvalue weighted by Gasteiger charge is -2.24. The number of nitrogens with one attached hydrogen (secondary N) is 1. The molecule has 0 spiro atoms. The third kappa shape index (κ3) is 3.94. The number of pyridine rings is 1. The van der Waals surface area contributed by atoms with Crippen molar-refractivity contribution >= 4 is 23.6 Å². The maximum absolute atomic E-state index is 13.0. The Morgan fingerprint density at radius 3 is 2.73 bits per heavy atom. The molecule has 0 bridgehead atoms. The van der Waals surface area contributed by atoms with Gasteiger partial charge in [-0.1, -0.05) is 6.07 Å². The average molecular weight is 403 g/mol. The monoisotopic (exact) mass is 403 g/mol. The fraction of sp³-hybridized carbons (Fsp3) is 0.318. The summed E-state index contributed by atoms with van der Waals surface area (Å²) in [6, 6.07) is 5.51. The first-order valence-corrected chi connectivity index (χ1v) is 10.0. The molecule has 1 fully saturated rings. The molecule has 8 heteroatoms. The van der Waals surface area contributed by atoms with E-state index in [2.05, 4.69) is 25.4 Å². The van der Waals surface area contributed by atoms with Crippen LogP contribution in [0.1, 0.15) is 41.5 Å². The molecule has 4 rings (SSSR count). The summed E-state index contributed by atoms with van der Waals surface area (Å²) >= 11 is 0. The molecule has 3 aromatic heterocycles. The summed E-state index contributed by atoms with van der Waals surface area (Å²) in [6.45, 7) is 4.64. The molecule has 4 heterocycles. The summed E-state index contributed by atoms with van der Waals surface area (Å²) in [6.07, 6.45) is 10.3. The highest BCUT2D eigenvalue weighted by molar-refractivity contribution is 5.92. The molecule has 1 N–H and O–H groups in total. The van der Waals surface area contributed by atoms with Gasteiger partial charge in [0.15, 0.2) is 5.82 Å². The summed E-state index contributed by atoms with van der Waals surface area (Å²) < 4.78 is 1.83. The number of hydrogen-bond donors (Lipinski definition) is 1. The normalized spacial score (nSPS) is 16.4. The van der Waals surface area contributed by atoms with Crippen molar-refractivity contribution in [2.24, 2.45) is 7.05 Å². The molecule has 1 atom stereocenters. The van der Waals surface area contributed by atoms with Crippen molar-refractivity contribution in [2.45, 2.75) is 32.7 Å². The second kappa shape index (κ2) is 8.44. The Morgan fingerprint density at radius 2 is 2.00 bits per heavy atom. The van der Waals surface area contributed by atoms with Gasteiger partial charge < -0.3 is 10.2 Å². The van der Waals surface area contributed by atoms with E-state index in [1.54, 1.807) is 24.7 Å². The number of carbonyl (C=O) groups is 1. The first-order chi connectivity index (χ1) is 14.5. The van der Waals surface area contributed by atoms with Crippen molar-refractivity contribution in [3.8, 4) is 0 Å². The lowest BCUT2D eigenvalue weighted by molar-refractivity contribution is -0.126. The van der Waals surface area contributed by atoms with Gasteiger partial charge in [0.25, 0.3) is 0 Å². The van der Waals surface area contributed by atoms with Crippen LogP contribution in [-0.4, -0.2) is 42.1 Å². The molecule has 1 aliphatic rings. The highest BCUT2D eigenvalue weighted by Crippen LogP contribution is 2.34. The summed E-state index contributed by atoms with van der Waals surface area (Å²) in [5.74, 6) is 1.29. The zero-order valence-corrected chi connectivity index (χ0v) is 17.4. The molecule has 3 aromatic rings. The highest BCUT2D eigenvalue weighted by Gasteiger charge is 2.32. The molecule has 8 nitrogen and oxygen atoms in total. The molecule has 1 aliphatic heterocycles. The van der Waals surface area contributed by atoms with Crippen LogP contribution in [0.5, 0.6) is 0 Å². The van der Waals surface area contributed by atoms with Crippen molar-refractivity contribution in [1.29, 1.82) is 0 Å². The molecular weight excluding hydrogens is 378 g/mol. The van der Waals surface area contributed by atoms with Crippen LogP contribution in [0.25, 0.3) is 6.08 Å². The van der Waals surface area contributed by atoms with Crippen molar-refractivity contribution < 1.29 is 4.79 Å². The van der Waals surface area contributed by atoms with Crippen LogP contribution in [0, 0.1) is 13.8 Å². The van der Waals surface area contributed by atoms with Crippen molar-refractivity contribution in [3.05, 3.63) is 65.5 Å². The van der Waals surface area contributed by atoms with Gasteiger partial charge in [0.1, 0.15) is 11.5 Å². The number of hydrogen-bond acceptors (Lipinski definition) is 6. The Kier molecular flexibility index (Phi) is 5.56. The third-order valence-corrected chi connectivity index (χ3v) is 5.45. The number of rotatable bonds is 5. The number of aryl methyl sites for hydroxylation is 2. The minimum Gasteiger partial charge on any atom is -0.330 e. The summed E-state index contributed by atoms with van der Waals surface area (Å²) in [5, 5.41) is 7.64. The molecule has 0 unspecified atom stereocenters. The van der Waals surface area contributed by atoms with Crippen LogP contribution < -0.4 is 5.32 Å². The van der Waals surface area contributed by atoms with Gasteiger partial charge in [0.2, 0.25) is 5.91 Å². The molecule has 1 saturated heterocycles. The van der Waals surface area contributed by atoms with E-state index in [0.717, 1.165) is 35.5 Å². The summed E-state index contributed by atoms with van der Waals surface area (Å²) in [5.41, 5.74) is 3.69. The zero-order chi connectivity index (χ0) is 21.1.